The highest BCUT2D eigenvalue weighted by molar-refractivity contribution is 5.89. The largest absolute Gasteiger partial charge is 0.497 e. The summed E-state index contributed by atoms with van der Waals surface area (Å²) in [7, 11) is 1.65. The Labute approximate surface area is 175 Å². The molecule has 11 heteroatoms. The van der Waals surface area contributed by atoms with E-state index in [0.717, 1.165) is 52.4 Å². The van der Waals surface area contributed by atoms with E-state index < -0.39 is 12.1 Å². The zero-order chi connectivity index (χ0) is 22.8. The van der Waals surface area contributed by atoms with E-state index in [1.165, 1.54) is 0 Å². The van der Waals surface area contributed by atoms with Crippen molar-refractivity contribution < 1.29 is 32.6 Å². The van der Waals surface area contributed by atoms with Gasteiger partial charge in [0.1, 0.15) is 11.6 Å². The summed E-state index contributed by atoms with van der Waals surface area (Å²) in [6, 6.07) is 5.86. The number of benzene rings is 1. The van der Waals surface area contributed by atoms with Gasteiger partial charge in [-0.3, -0.25) is 4.79 Å². The molecule has 0 bridgehead atoms. The number of carbonyl (C=O) groups excluding carboxylic acids is 1. The number of alkyl halides is 3. The second kappa shape index (κ2) is 8.70. The first-order valence-corrected chi connectivity index (χ1v) is 9.34. The fourth-order valence-electron chi connectivity index (χ4n) is 3.36. The number of nitrogens with one attached hydrogen (secondary N) is 2. The van der Waals surface area contributed by atoms with Gasteiger partial charge in [0.15, 0.2) is 0 Å². The standard InChI is InChI=1S/C18H20N4O2.C2HF3O2/c1-11-20-16-5-6-22(10-17(16)21-11)18(23)7-12-9-19-15-4-3-13(24-2)8-14(12)15;3-2(4,5)1(6)7/h3-4,8-9,19H,5-7,10H2,1-2H3,(H,20,21);(H,6,7). The van der Waals surface area contributed by atoms with Crippen LogP contribution in [0.15, 0.2) is 24.4 Å². The number of carboxylic acids is 1. The lowest BCUT2D eigenvalue weighted by molar-refractivity contribution is -0.192. The van der Waals surface area contributed by atoms with Gasteiger partial charge < -0.3 is 24.7 Å². The van der Waals surface area contributed by atoms with E-state index in [1.54, 1.807) is 7.11 Å². The van der Waals surface area contributed by atoms with Gasteiger partial charge in [-0.15, -0.1) is 0 Å². The highest BCUT2D eigenvalue weighted by atomic mass is 19.4. The van der Waals surface area contributed by atoms with Gasteiger partial charge in [-0.2, -0.15) is 13.2 Å². The predicted octanol–water partition coefficient (Wildman–Crippen LogP) is 2.97. The molecule has 0 unspecified atom stereocenters. The van der Waals surface area contributed by atoms with Gasteiger partial charge in [0.05, 0.1) is 31.5 Å². The number of nitrogens with zero attached hydrogens (tertiary/aromatic N) is 2. The highest BCUT2D eigenvalue weighted by Gasteiger charge is 2.38. The maximum absolute atomic E-state index is 12.7. The lowest BCUT2D eigenvalue weighted by Gasteiger charge is -2.26. The SMILES string of the molecule is COc1ccc2[nH]cc(CC(=O)N3CCc4nc(C)[nH]c4C3)c2c1.O=C(O)C(F)(F)F. The topological polar surface area (TPSA) is 111 Å². The number of amides is 1. The van der Waals surface area contributed by atoms with E-state index in [1.807, 2.05) is 36.2 Å². The van der Waals surface area contributed by atoms with Gasteiger partial charge in [-0.05, 0) is 30.7 Å². The summed E-state index contributed by atoms with van der Waals surface area (Å²) >= 11 is 0. The van der Waals surface area contributed by atoms with Gasteiger partial charge in [0.25, 0.3) is 0 Å². The molecule has 1 aliphatic rings. The molecule has 166 valence electrons. The molecular weight excluding hydrogens is 417 g/mol. The Kier molecular flexibility index (Phi) is 6.23. The molecule has 0 atom stereocenters. The molecule has 3 heterocycles. The lowest BCUT2D eigenvalue weighted by Crippen LogP contribution is -2.36. The second-order valence-electron chi connectivity index (χ2n) is 7.02. The molecule has 0 radical (unpaired) electrons. The van der Waals surface area contributed by atoms with Crippen LogP contribution in [0.4, 0.5) is 13.2 Å². The number of ether oxygens (including phenoxy) is 1. The number of carboxylic acid groups (broad SMARTS) is 1. The van der Waals surface area contributed by atoms with Gasteiger partial charge >= 0.3 is 12.1 Å². The molecule has 3 N–H and O–H groups in total. The minimum atomic E-state index is -5.08. The number of rotatable bonds is 3. The monoisotopic (exact) mass is 438 g/mol. The first-order valence-electron chi connectivity index (χ1n) is 9.34. The van der Waals surface area contributed by atoms with Gasteiger partial charge in [-0.25, -0.2) is 9.78 Å². The Morgan fingerprint density at radius 3 is 2.68 bits per heavy atom. The van der Waals surface area contributed by atoms with Crippen LogP contribution < -0.4 is 4.74 Å². The molecule has 1 aromatic carbocycles. The van der Waals surface area contributed by atoms with Crippen molar-refractivity contribution in [3.63, 3.8) is 0 Å². The molecule has 1 amide bonds. The number of aryl methyl sites for hydroxylation is 1. The van der Waals surface area contributed by atoms with E-state index in [0.29, 0.717) is 13.0 Å². The molecule has 4 rings (SSSR count). The summed E-state index contributed by atoms with van der Waals surface area (Å²) in [5, 5.41) is 8.16. The summed E-state index contributed by atoms with van der Waals surface area (Å²) in [6.07, 6.45) is -1.97. The Hall–Kier alpha value is -3.50. The van der Waals surface area contributed by atoms with Crippen LogP contribution in [-0.2, 0) is 29.0 Å². The molecule has 0 saturated heterocycles. The van der Waals surface area contributed by atoms with Gasteiger partial charge in [0, 0.05) is 30.1 Å². The van der Waals surface area contributed by atoms with Gasteiger partial charge in [0.2, 0.25) is 5.91 Å². The normalized spacial score (nSPS) is 13.4. The van der Waals surface area contributed by atoms with Gasteiger partial charge in [-0.1, -0.05) is 0 Å². The molecule has 0 spiro atoms. The molecule has 3 aromatic rings. The van der Waals surface area contributed by atoms with Crippen molar-refractivity contribution in [2.75, 3.05) is 13.7 Å². The number of H-pyrrole nitrogens is 2. The Morgan fingerprint density at radius 1 is 1.32 bits per heavy atom. The van der Waals surface area contributed by atoms with E-state index in [2.05, 4.69) is 15.0 Å². The maximum atomic E-state index is 12.7. The van der Waals surface area contributed by atoms with E-state index in [-0.39, 0.29) is 5.91 Å². The van der Waals surface area contributed by atoms with E-state index in [9.17, 15) is 18.0 Å². The fraction of sp³-hybridized carbons (Fsp3) is 0.350. The third kappa shape index (κ3) is 5.16. The quantitative estimate of drug-likeness (QED) is 0.582. The first-order chi connectivity index (χ1) is 14.6. The summed E-state index contributed by atoms with van der Waals surface area (Å²) in [4.78, 5) is 34.5. The third-order valence-corrected chi connectivity index (χ3v) is 4.86. The first kappa shape index (κ1) is 22.2. The van der Waals surface area contributed by atoms with E-state index in [4.69, 9.17) is 14.6 Å². The van der Waals surface area contributed by atoms with Crippen molar-refractivity contribution in [2.24, 2.45) is 0 Å². The Bertz CT molecular complexity index is 1100. The molecular formula is C20H21F3N4O4. The molecule has 8 nitrogen and oxygen atoms in total. The predicted molar refractivity (Wildman–Crippen MR) is 105 cm³/mol. The number of aromatic amines is 2. The zero-order valence-corrected chi connectivity index (χ0v) is 16.8. The number of fused-ring (bicyclic) bond motifs is 2. The lowest BCUT2D eigenvalue weighted by atomic mass is 10.1. The van der Waals surface area contributed by atoms with Crippen LogP contribution in [0.5, 0.6) is 5.75 Å². The Balaban J connectivity index is 0.000000339. The Morgan fingerprint density at radius 2 is 2.03 bits per heavy atom. The fourth-order valence-corrected chi connectivity index (χ4v) is 3.36. The molecule has 1 aliphatic heterocycles. The van der Waals surface area contributed by atoms with Crippen LogP contribution in [0.1, 0.15) is 22.8 Å². The van der Waals surface area contributed by atoms with Crippen molar-refractivity contribution in [1.82, 2.24) is 19.9 Å². The van der Waals surface area contributed by atoms with Crippen molar-refractivity contribution in [2.45, 2.75) is 32.5 Å². The van der Waals surface area contributed by atoms with Crippen LogP contribution in [-0.4, -0.2) is 56.7 Å². The average molecular weight is 438 g/mol. The minimum absolute atomic E-state index is 0.136. The molecule has 2 aromatic heterocycles. The smallest absolute Gasteiger partial charge is 0.490 e. The van der Waals surface area contributed by atoms with Crippen molar-refractivity contribution >= 4 is 22.8 Å². The van der Waals surface area contributed by atoms with Crippen LogP contribution in [0, 0.1) is 6.92 Å². The number of hydrogen-bond donors (Lipinski definition) is 3. The summed E-state index contributed by atoms with van der Waals surface area (Å²) < 4.78 is 37.0. The summed E-state index contributed by atoms with van der Waals surface area (Å²) in [5.74, 6) is -0.909. The molecule has 0 aliphatic carbocycles. The molecule has 0 fully saturated rings. The number of imidazole rings is 1. The maximum Gasteiger partial charge on any atom is 0.490 e. The number of halogens is 3. The van der Waals surface area contributed by atoms with Crippen LogP contribution >= 0.6 is 0 Å². The number of methoxy groups -OCH3 is 1. The molecule has 31 heavy (non-hydrogen) atoms. The number of carbonyl (C=O) groups is 2. The summed E-state index contributed by atoms with van der Waals surface area (Å²) in [5.41, 5.74) is 4.17. The van der Waals surface area contributed by atoms with Crippen molar-refractivity contribution in [3.05, 3.63) is 47.2 Å². The van der Waals surface area contributed by atoms with Crippen LogP contribution in [0.2, 0.25) is 0 Å². The average Bonchev–Trinajstić information content (AvgIpc) is 3.28. The van der Waals surface area contributed by atoms with Crippen LogP contribution in [0.25, 0.3) is 10.9 Å². The second-order valence-corrected chi connectivity index (χ2v) is 7.02. The number of aromatic nitrogens is 3. The number of hydrogen-bond acceptors (Lipinski definition) is 4. The highest BCUT2D eigenvalue weighted by Crippen LogP contribution is 2.25. The minimum Gasteiger partial charge on any atom is -0.497 e. The van der Waals surface area contributed by atoms with Crippen LogP contribution in [0.3, 0.4) is 0 Å². The van der Waals surface area contributed by atoms with Crippen molar-refractivity contribution in [1.29, 1.82) is 0 Å². The van der Waals surface area contributed by atoms with E-state index >= 15 is 0 Å². The summed E-state index contributed by atoms with van der Waals surface area (Å²) in [6.45, 7) is 3.28. The van der Waals surface area contributed by atoms with Crippen molar-refractivity contribution in [3.8, 4) is 5.75 Å². The molecule has 0 saturated carbocycles. The number of aliphatic carboxylic acids is 1. The zero-order valence-electron chi connectivity index (χ0n) is 16.8. The third-order valence-electron chi connectivity index (χ3n) is 4.86.